The van der Waals surface area contributed by atoms with Gasteiger partial charge in [-0.2, -0.15) is 26.3 Å². The zero-order valence-electron chi connectivity index (χ0n) is 12.1. The molecule has 1 aromatic carbocycles. The van der Waals surface area contributed by atoms with Gasteiger partial charge in [-0.25, -0.2) is 4.39 Å². The molecule has 1 aromatic rings. The van der Waals surface area contributed by atoms with E-state index in [1.165, 1.54) is 12.1 Å². The van der Waals surface area contributed by atoms with Crippen molar-refractivity contribution in [3.63, 3.8) is 0 Å². The number of ether oxygens (including phenoxy) is 1. The molecule has 9 heteroatoms. The first kappa shape index (κ1) is 22.6. The predicted octanol–water partition coefficient (Wildman–Crippen LogP) is 5.19. The van der Waals surface area contributed by atoms with Crippen LogP contribution in [0.2, 0.25) is 0 Å². The summed E-state index contributed by atoms with van der Waals surface area (Å²) in [6.45, 7) is 4.96. The van der Waals surface area contributed by atoms with Gasteiger partial charge in [0.15, 0.2) is 0 Å². The Bertz CT molecular complexity index is 467. The van der Waals surface area contributed by atoms with Crippen molar-refractivity contribution in [2.75, 3.05) is 0 Å². The zero-order valence-corrected chi connectivity index (χ0v) is 16.2. The van der Waals surface area contributed by atoms with E-state index in [4.69, 9.17) is 4.74 Å². The third-order valence-corrected chi connectivity index (χ3v) is 3.05. The van der Waals surface area contributed by atoms with Crippen molar-refractivity contribution in [2.24, 2.45) is 0 Å². The number of benzene rings is 1. The first-order valence-corrected chi connectivity index (χ1v) is 6.25. The van der Waals surface area contributed by atoms with E-state index in [2.05, 4.69) is 6.92 Å². The summed E-state index contributed by atoms with van der Waals surface area (Å²) in [6, 6.07) is 5.87. The minimum absolute atomic E-state index is 0. The molecule has 0 aromatic heterocycles. The number of alkyl halides is 7. The van der Waals surface area contributed by atoms with Crippen LogP contribution in [0.1, 0.15) is 18.4 Å². The van der Waals surface area contributed by atoms with Crippen LogP contribution < -0.4 is 4.74 Å². The van der Waals surface area contributed by atoms with Gasteiger partial charge in [0.25, 0.3) is 0 Å². The van der Waals surface area contributed by atoms with E-state index in [9.17, 15) is 30.7 Å². The topological polar surface area (TPSA) is 9.23 Å². The fourth-order valence-electron chi connectivity index (χ4n) is 1.72. The molecule has 0 heterocycles. The summed E-state index contributed by atoms with van der Waals surface area (Å²) in [4.78, 5) is 0. The smallest absolute Gasteiger partial charge is 0.431 e. The molecule has 0 aliphatic heterocycles. The molecule has 130 valence electrons. The standard InChI is InChI=1S/C14H14F7O.U/c1-3-10(22-11-6-4-9(2)5-7-11)8-12(15,13(16,17)18)14(19,20)21;/h4-7,10H,1,3,8H2,2H3;/q-1;. The van der Waals surface area contributed by atoms with Gasteiger partial charge in [0, 0.05) is 37.5 Å². The molecule has 0 aliphatic carbocycles. The maximum Gasteiger partial charge on any atom is 0.431 e. The monoisotopic (exact) mass is 569 g/mol. The van der Waals surface area contributed by atoms with Crippen LogP contribution in [0.15, 0.2) is 24.3 Å². The second kappa shape index (κ2) is 8.11. The van der Waals surface area contributed by atoms with Gasteiger partial charge in [-0.05, 0) is 19.1 Å². The average molecular weight is 569 g/mol. The van der Waals surface area contributed by atoms with Crippen LogP contribution in [0.4, 0.5) is 30.7 Å². The molecule has 0 bridgehead atoms. The SMILES string of the molecule is [CH2-]CC(CC(F)(C(F)(F)F)C(F)(F)F)Oc1ccc(C)cc1.[U]. The first-order valence-electron chi connectivity index (χ1n) is 6.25. The van der Waals surface area contributed by atoms with Crippen molar-refractivity contribution in [1.29, 1.82) is 0 Å². The largest absolute Gasteiger partial charge is 0.493 e. The quantitative estimate of drug-likeness (QED) is 0.351. The van der Waals surface area contributed by atoms with E-state index in [0.29, 0.717) is 0 Å². The van der Waals surface area contributed by atoms with E-state index >= 15 is 0 Å². The number of rotatable bonds is 5. The number of hydrogen-bond donors (Lipinski definition) is 0. The van der Waals surface area contributed by atoms with Gasteiger partial charge in [-0.1, -0.05) is 17.7 Å². The Morgan fingerprint density at radius 2 is 1.39 bits per heavy atom. The molecule has 0 saturated carbocycles. The van der Waals surface area contributed by atoms with E-state index in [0.717, 1.165) is 5.56 Å². The van der Waals surface area contributed by atoms with E-state index in [-0.39, 0.29) is 36.9 Å². The summed E-state index contributed by atoms with van der Waals surface area (Å²) in [7, 11) is 0. The summed E-state index contributed by atoms with van der Waals surface area (Å²) in [6.07, 6.45) is -16.2. The molecule has 0 N–H and O–H groups in total. The normalized spacial score (nSPS) is 14.1. The molecule has 1 atom stereocenters. The Morgan fingerprint density at radius 3 is 1.74 bits per heavy atom. The van der Waals surface area contributed by atoms with E-state index in [1.54, 1.807) is 19.1 Å². The molecule has 0 radical (unpaired) electrons. The van der Waals surface area contributed by atoms with Crippen LogP contribution in [-0.4, -0.2) is 24.1 Å². The molecule has 1 rings (SSSR count). The van der Waals surface area contributed by atoms with Gasteiger partial charge < -0.3 is 11.7 Å². The third-order valence-electron chi connectivity index (χ3n) is 3.05. The molecular weight excluding hydrogens is 555 g/mol. The maximum absolute atomic E-state index is 13.7. The van der Waals surface area contributed by atoms with Crippen LogP contribution >= 0.6 is 0 Å². The number of halogens is 7. The summed E-state index contributed by atoms with van der Waals surface area (Å²) in [5, 5.41) is 0. The minimum atomic E-state index is -6.09. The Balaban J connectivity index is 0.00000484. The van der Waals surface area contributed by atoms with Crippen LogP contribution in [0, 0.1) is 45.0 Å². The van der Waals surface area contributed by atoms with E-state index in [1.807, 2.05) is 0 Å². The maximum atomic E-state index is 13.7. The van der Waals surface area contributed by atoms with Crippen molar-refractivity contribution >= 4 is 0 Å². The molecule has 1 nitrogen and oxygen atoms in total. The molecule has 0 spiro atoms. The summed E-state index contributed by atoms with van der Waals surface area (Å²) < 4.78 is 93.8. The van der Waals surface area contributed by atoms with Crippen molar-refractivity contribution in [3.05, 3.63) is 36.8 Å². The van der Waals surface area contributed by atoms with Crippen LogP contribution in [0.25, 0.3) is 0 Å². The summed E-state index contributed by atoms with van der Waals surface area (Å²) in [5.74, 6) is 0.0472. The fraction of sp³-hybridized carbons (Fsp3) is 0.500. The molecular formula is C14H14F7OU-. The minimum Gasteiger partial charge on any atom is -0.493 e. The van der Waals surface area contributed by atoms with E-state index < -0.39 is 37.0 Å². The fourth-order valence-corrected chi connectivity index (χ4v) is 1.72. The zero-order chi connectivity index (χ0) is 17.2. The van der Waals surface area contributed by atoms with Crippen LogP contribution in [0.3, 0.4) is 0 Å². The van der Waals surface area contributed by atoms with Crippen molar-refractivity contribution in [1.82, 2.24) is 0 Å². The van der Waals surface area contributed by atoms with Gasteiger partial charge in [0.2, 0.25) is 0 Å². The summed E-state index contributed by atoms with van der Waals surface area (Å²) >= 11 is 0. The number of aryl methyl sites for hydroxylation is 1. The second-order valence-electron chi connectivity index (χ2n) is 4.84. The van der Waals surface area contributed by atoms with Crippen molar-refractivity contribution in [2.45, 2.75) is 43.9 Å². The Morgan fingerprint density at radius 1 is 0.957 bits per heavy atom. The molecule has 23 heavy (non-hydrogen) atoms. The molecule has 0 aliphatic rings. The predicted molar refractivity (Wildman–Crippen MR) is 66.1 cm³/mol. The van der Waals surface area contributed by atoms with Gasteiger partial charge in [-0.3, -0.25) is 0 Å². The average Bonchev–Trinajstić information content (AvgIpc) is 2.37. The summed E-state index contributed by atoms with van der Waals surface area (Å²) in [5.41, 5.74) is -4.52. The Kier molecular flexibility index (Phi) is 7.96. The van der Waals surface area contributed by atoms with Gasteiger partial charge in [0.1, 0.15) is 5.75 Å². The third kappa shape index (κ3) is 5.56. The first-order chi connectivity index (χ1) is 9.90. The van der Waals surface area contributed by atoms with Gasteiger partial charge in [-0.15, -0.1) is 6.42 Å². The molecule has 0 saturated heterocycles. The molecule has 0 amide bonds. The Labute approximate surface area is 153 Å². The molecule has 0 fully saturated rings. The van der Waals surface area contributed by atoms with Gasteiger partial charge in [0.05, 0.1) is 6.10 Å². The number of hydrogen-bond acceptors (Lipinski definition) is 1. The van der Waals surface area contributed by atoms with Crippen molar-refractivity contribution in [3.8, 4) is 5.75 Å². The van der Waals surface area contributed by atoms with Gasteiger partial charge >= 0.3 is 18.0 Å². The van der Waals surface area contributed by atoms with Crippen LogP contribution in [-0.2, 0) is 0 Å². The van der Waals surface area contributed by atoms with Crippen molar-refractivity contribution < 1.29 is 66.6 Å². The molecule has 1 unspecified atom stereocenters. The second-order valence-corrected chi connectivity index (χ2v) is 4.84. The Hall–Kier alpha value is -0.418. The van der Waals surface area contributed by atoms with Crippen LogP contribution in [0.5, 0.6) is 5.75 Å².